The van der Waals surface area contributed by atoms with Crippen LogP contribution in [0.3, 0.4) is 0 Å². The van der Waals surface area contributed by atoms with E-state index < -0.39 is 32.1 Å². The second-order valence-electron chi connectivity index (χ2n) is 5.80. The number of hydrogen-bond acceptors (Lipinski definition) is 2. The third-order valence-corrected chi connectivity index (χ3v) is 6.01. The molecule has 0 heterocycles. The van der Waals surface area contributed by atoms with E-state index in [4.69, 9.17) is 11.6 Å². The van der Waals surface area contributed by atoms with Crippen molar-refractivity contribution >= 4 is 21.6 Å². The third-order valence-electron chi connectivity index (χ3n) is 3.88. The van der Waals surface area contributed by atoms with E-state index in [-0.39, 0.29) is 5.88 Å². The second kappa shape index (κ2) is 6.18. The predicted molar refractivity (Wildman–Crippen MR) is 77.8 cm³/mol. The molecule has 0 saturated heterocycles. The van der Waals surface area contributed by atoms with E-state index in [1.807, 2.05) is 6.92 Å². The van der Waals surface area contributed by atoms with Gasteiger partial charge in [-0.1, -0.05) is 19.8 Å². The number of hydrogen-bond donors (Lipinski definition) is 1. The molecule has 2 atom stereocenters. The van der Waals surface area contributed by atoms with Crippen LogP contribution in [0.5, 0.6) is 0 Å². The maximum absolute atomic E-state index is 13.7. The Morgan fingerprint density at radius 1 is 1.43 bits per heavy atom. The Labute approximate surface area is 128 Å². The lowest BCUT2D eigenvalue weighted by Crippen LogP contribution is -2.52. The SMILES string of the molecule is CC1CCCC(CCl)(NS(=O)(=O)c2ccc(F)cc2F)C1. The van der Waals surface area contributed by atoms with Crippen LogP contribution in [0, 0.1) is 17.6 Å². The number of rotatable bonds is 4. The van der Waals surface area contributed by atoms with E-state index in [1.54, 1.807) is 0 Å². The van der Waals surface area contributed by atoms with Gasteiger partial charge in [-0.2, -0.15) is 0 Å². The summed E-state index contributed by atoms with van der Waals surface area (Å²) in [6.07, 6.45) is 3.11. The van der Waals surface area contributed by atoms with E-state index in [0.29, 0.717) is 24.8 Å². The fourth-order valence-corrected chi connectivity index (χ4v) is 4.82. The lowest BCUT2D eigenvalue weighted by Gasteiger charge is -2.39. The van der Waals surface area contributed by atoms with Crippen LogP contribution >= 0.6 is 11.6 Å². The van der Waals surface area contributed by atoms with Crippen LogP contribution in [-0.4, -0.2) is 19.8 Å². The Kier molecular flexibility index (Phi) is 4.90. The van der Waals surface area contributed by atoms with Crippen molar-refractivity contribution in [3.05, 3.63) is 29.8 Å². The monoisotopic (exact) mass is 337 g/mol. The minimum absolute atomic E-state index is 0.124. The molecule has 2 unspecified atom stereocenters. The van der Waals surface area contributed by atoms with Crippen molar-refractivity contribution in [1.29, 1.82) is 0 Å². The van der Waals surface area contributed by atoms with Crippen molar-refractivity contribution in [2.75, 3.05) is 5.88 Å². The summed E-state index contributed by atoms with van der Waals surface area (Å²) in [7, 11) is -4.08. The van der Waals surface area contributed by atoms with Crippen molar-refractivity contribution in [3.8, 4) is 0 Å². The van der Waals surface area contributed by atoms with Crippen LogP contribution in [-0.2, 0) is 10.0 Å². The van der Waals surface area contributed by atoms with E-state index in [1.165, 1.54) is 0 Å². The molecule has 7 heteroatoms. The Morgan fingerprint density at radius 2 is 2.14 bits per heavy atom. The van der Waals surface area contributed by atoms with Crippen LogP contribution in [0.1, 0.15) is 32.6 Å². The van der Waals surface area contributed by atoms with Gasteiger partial charge in [0.1, 0.15) is 16.5 Å². The summed E-state index contributed by atoms with van der Waals surface area (Å²) in [4.78, 5) is -0.549. The van der Waals surface area contributed by atoms with Crippen LogP contribution in [0.4, 0.5) is 8.78 Å². The molecule has 1 aliphatic carbocycles. The number of nitrogens with one attached hydrogen (secondary N) is 1. The average Bonchev–Trinajstić information content (AvgIpc) is 2.37. The zero-order valence-electron chi connectivity index (χ0n) is 11.7. The van der Waals surface area contributed by atoms with E-state index in [9.17, 15) is 17.2 Å². The van der Waals surface area contributed by atoms with Crippen molar-refractivity contribution < 1.29 is 17.2 Å². The summed E-state index contributed by atoms with van der Waals surface area (Å²) in [5, 5.41) is 0. The zero-order valence-corrected chi connectivity index (χ0v) is 13.3. The highest BCUT2D eigenvalue weighted by Crippen LogP contribution is 2.34. The van der Waals surface area contributed by atoms with Gasteiger partial charge in [-0.25, -0.2) is 21.9 Å². The standard InChI is InChI=1S/C14H18ClF2NO2S/c1-10-3-2-6-14(8-10,9-15)18-21(19,20)13-5-4-11(16)7-12(13)17/h4-5,7,10,18H,2-3,6,8-9H2,1H3. The van der Waals surface area contributed by atoms with Gasteiger partial charge in [-0.05, 0) is 30.9 Å². The summed E-state index contributed by atoms with van der Waals surface area (Å²) in [6.45, 7) is 2.03. The van der Waals surface area contributed by atoms with Gasteiger partial charge in [0.2, 0.25) is 10.0 Å². The Bertz CT molecular complexity index is 623. The Balaban J connectivity index is 2.31. The lowest BCUT2D eigenvalue weighted by molar-refractivity contribution is 0.239. The molecule has 1 saturated carbocycles. The van der Waals surface area contributed by atoms with Crippen molar-refractivity contribution in [3.63, 3.8) is 0 Å². The molecule has 1 aliphatic rings. The first-order valence-electron chi connectivity index (χ1n) is 6.83. The maximum Gasteiger partial charge on any atom is 0.244 e. The Morgan fingerprint density at radius 3 is 2.71 bits per heavy atom. The smallest absolute Gasteiger partial charge is 0.207 e. The van der Waals surface area contributed by atoms with Gasteiger partial charge in [0, 0.05) is 17.5 Å². The van der Waals surface area contributed by atoms with Gasteiger partial charge in [0.25, 0.3) is 0 Å². The molecule has 0 aliphatic heterocycles. The molecule has 3 nitrogen and oxygen atoms in total. The summed E-state index contributed by atoms with van der Waals surface area (Å²) in [5.41, 5.74) is -0.765. The molecule has 1 N–H and O–H groups in total. The highest BCUT2D eigenvalue weighted by Gasteiger charge is 2.38. The van der Waals surface area contributed by atoms with Gasteiger partial charge in [0.05, 0.1) is 0 Å². The summed E-state index contributed by atoms with van der Waals surface area (Å²) < 4.78 is 53.9. The van der Waals surface area contributed by atoms with Crippen molar-refractivity contribution in [2.45, 2.75) is 43.0 Å². The quantitative estimate of drug-likeness (QED) is 0.856. The minimum atomic E-state index is -4.08. The first kappa shape index (κ1) is 16.6. The lowest BCUT2D eigenvalue weighted by atomic mass is 9.78. The summed E-state index contributed by atoms with van der Waals surface area (Å²) in [6, 6.07) is 2.42. The fraction of sp³-hybridized carbons (Fsp3) is 0.571. The topological polar surface area (TPSA) is 46.2 Å². The van der Waals surface area contributed by atoms with Crippen LogP contribution in [0.2, 0.25) is 0 Å². The number of sulfonamides is 1. The van der Waals surface area contributed by atoms with Gasteiger partial charge in [-0.3, -0.25) is 0 Å². The first-order valence-corrected chi connectivity index (χ1v) is 8.85. The van der Waals surface area contributed by atoms with Crippen LogP contribution in [0.15, 0.2) is 23.1 Å². The van der Waals surface area contributed by atoms with Crippen molar-refractivity contribution in [1.82, 2.24) is 4.72 Å². The predicted octanol–water partition coefficient (Wildman–Crippen LogP) is 3.43. The normalized spacial score (nSPS) is 26.8. The molecule has 0 aromatic heterocycles. The van der Waals surface area contributed by atoms with Crippen molar-refractivity contribution in [2.24, 2.45) is 5.92 Å². The molecule has 0 spiro atoms. The van der Waals surface area contributed by atoms with E-state index in [2.05, 4.69) is 4.72 Å². The van der Waals surface area contributed by atoms with E-state index in [0.717, 1.165) is 25.0 Å². The molecule has 2 rings (SSSR count). The molecule has 21 heavy (non-hydrogen) atoms. The maximum atomic E-state index is 13.7. The molecule has 1 aromatic carbocycles. The highest BCUT2D eigenvalue weighted by molar-refractivity contribution is 7.89. The summed E-state index contributed by atoms with van der Waals surface area (Å²) >= 11 is 5.98. The second-order valence-corrected chi connectivity index (χ2v) is 7.71. The molecule has 0 radical (unpaired) electrons. The molecule has 118 valence electrons. The zero-order chi connectivity index (χ0) is 15.7. The molecule has 1 fully saturated rings. The molecule has 1 aromatic rings. The van der Waals surface area contributed by atoms with Gasteiger partial charge in [0.15, 0.2) is 0 Å². The third kappa shape index (κ3) is 3.73. The number of halogens is 3. The molecular formula is C14H18ClF2NO2S. The van der Waals surface area contributed by atoms with Gasteiger partial charge in [-0.15, -0.1) is 11.6 Å². The van der Waals surface area contributed by atoms with Crippen LogP contribution < -0.4 is 4.72 Å². The van der Waals surface area contributed by atoms with Gasteiger partial charge < -0.3 is 0 Å². The highest BCUT2D eigenvalue weighted by atomic mass is 35.5. The number of alkyl halides is 1. The molecular weight excluding hydrogens is 320 g/mol. The minimum Gasteiger partial charge on any atom is -0.207 e. The largest absolute Gasteiger partial charge is 0.244 e. The summed E-state index contributed by atoms with van der Waals surface area (Å²) in [5.74, 6) is -1.45. The van der Waals surface area contributed by atoms with Crippen LogP contribution in [0.25, 0.3) is 0 Å². The average molecular weight is 338 g/mol. The first-order chi connectivity index (χ1) is 9.78. The molecule has 0 bridgehead atoms. The Hall–Kier alpha value is -0.720. The van der Waals surface area contributed by atoms with Gasteiger partial charge >= 0.3 is 0 Å². The number of benzene rings is 1. The fourth-order valence-electron chi connectivity index (χ4n) is 2.93. The molecule has 0 amide bonds. The van der Waals surface area contributed by atoms with E-state index >= 15 is 0 Å².